The van der Waals surface area contributed by atoms with Crippen LogP contribution in [0.15, 0.2) is 72.5 Å². The van der Waals surface area contributed by atoms with Gasteiger partial charge in [0.15, 0.2) is 5.13 Å². The zero-order chi connectivity index (χ0) is 45.7. The van der Waals surface area contributed by atoms with Crippen molar-refractivity contribution in [2.45, 2.75) is 88.2 Å². The minimum absolute atomic E-state index is 0.0170. The molecular weight excluding hydrogens is 871 g/mol. The standard InChI is InChI=1S/C47H52F2N10O6S/c48-34-23-29(22-32-33(34)26-59(45(32)64)42(44(63)54-46-50-13-21-66-46)41-38-2-1-14-58(38)27-51-41)28-3-6-31(7-4-28)55-17-19-57(20-18-55)40(61)25-47(65)11-15-56(16-12-47)37-9-5-30(24-35(37)49)52-36-8-10-39(60)53-43(36)62/h3-7,9,13,21-24,27,36,42-43,45,52,62,64-65H,1-2,8,10-12,14-20,25-26H2,(H,53,60)(H,50,54,63). The molecule has 0 spiro atoms. The average molecular weight is 923 g/mol. The summed E-state index contributed by atoms with van der Waals surface area (Å²) in [6.45, 7) is 3.71. The lowest BCUT2D eigenvalue weighted by Crippen LogP contribution is -2.52. The Bertz CT molecular complexity index is 2620. The van der Waals surface area contributed by atoms with Gasteiger partial charge in [-0.25, -0.2) is 18.7 Å². The molecule has 0 radical (unpaired) electrons. The summed E-state index contributed by atoms with van der Waals surface area (Å²) in [7, 11) is 0. The molecule has 3 saturated heterocycles. The number of imidazole rings is 1. The number of nitrogens with zero attached hydrogens (tertiary/aromatic N) is 7. The SMILES string of the molecule is O=C1CCC(Nc2ccc(N3CCC(O)(CC(=O)N4CCN(c5ccc(-c6cc(F)c7c(c6)C(O)N(C(C(=O)Nc6nccs6)c6ncn8c6CCC8)C7)cc5)CC4)CC3)c(F)c2)C(O)N1. The van der Waals surface area contributed by atoms with Crippen LogP contribution in [0.2, 0.25) is 0 Å². The number of nitrogens with one attached hydrogen (secondary N) is 3. The first-order valence-corrected chi connectivity index (χ1v) is 23.4. The summed E-state index contributed by atoms with van der Waals surface area (Å²) >= 11 is 1.29. The van der Waals surface area contributed by atoms with Gasteiger partial charge in [-0.3, -0.25) is 19.3 Å². The number of thiazole rings is 1. The highest BCUT2D eigenvalue weighted by molar-refractivity contribution is 7.13. The predicted molar refractivity (Wildman–Crippen MR) is 243 cm³/mol. The van der Waals surface area contributed by atoms with Gasteiger partial charge in [-0.1, -0.05) is 12.1 Å². The monoisotopic (exact) mass is 922 g/mol. The number of carbonyl (C=O) groups is 3. The van der Waals surface area contributed by atoms with E-state index in [1.807, 2.05) is 33.7 Å². The van der Waals surface area contributed by atoms with Gasteiger partial charge in [0, 0.05) is 98.6 Å². The summed E-state index contributed by atoms with van der Waals surface area (Å²) in [5.41, 5.74) is 4.20. The number of amides is 3. The first-order chi connectivity index (χ1) is 31.9. The Kier molecular flexibility index (Phi) is 12.0. The molecule has 19 heteroatoms. The molecule has 4 atom stereocenters. The molecular formula is C47H52F2N10O6S. The quantitative estimate of drug-likeness (QED) is 0.109. The number of benzene rings is 3. The lowest BCUT2D eigenvalue weighted by molar-refractivity contribution is -0.137. The number of aromatic nitrogens is 3. The minimum Gasteiger partial charge on any atom is -0.389 e. The maximum absolute atomic E-state index is 16.0. The van der Waals surface area contributed by atoms with E-state index in [1.165, 1.54) is 23.5 Å². The molecule has 0 aliphatic carbocycles. The second-order valence-corrected chi connectivity index (χ2v) is 18.8. The van der Waals surface area contributed by atoms with Crippen molar-refractivity contribution in [3.05, 3.63) is 107 Å². The molecule has 5 aromatic rings. The fourth-order valence-corrected chi connectivity index (χ4v) is 10.7. The molecule has 2 aromatic heterocycles. The van der Waals surface area contributed by atoms with Gasteiger partial charge in [0.05, 0.1) is 35.8 Å². The number of rotatable bonds is 11. The lowest BCUT2D eigenvalue weighted by atomic mass is 9.87. The van der Waals surface area contributed by atoms with E-state index in [1.54, 1.807) is 45.9 Å². The Morgan fingerprint density at radius 1 is 0.909 bits per heavy atom. The number of piperazine rings is 1. The van der Waals surface area contributed by atoms with E-state index >= 15 is 8.78 Å². The molecule has 3 fully saturated rings. The molecule has 16 nitrogen and oxygen atoms in total. The molecule has 7 heterocycles. The van der Waals surface area contributed by atoms with Gasteiger partial charge in [-0.15, -0.1) is 11.3 Å². The normalized spacial score (nSPS) is 22.2. The Hall–Kier alpha value is -5.99. The molecule has 10 rings (SSSR count). The third-order valence-corrected chi connectivity index (χ3v) is 14.5. The van der Waals surface area contributed by atoms with Crippen molar-refractivity contribution in [1.29, 1.82) is 0 Å². The van der Waals surface area contributed by atoms with Crippen LogP contribution in [0.3, 0.4) is 0 Å². The third kappa shape index (κ3) is 8.72. The van der Waals surface area contributed by atoms with Gasteiger partial charge in [0.2, 0.25) is 17.7 Å². The Balaban J connectivity index is 0.733. The minimum atomic E-state index is -1.26. The number of anilines is 4. The largest absolute Gasteiger partial charge is 0.389 e. The molecule has 346 valence electrons. The van der Waals surface area contributed by atoms with Crippen LogP contribution in [0.4, 0.5) is 31.0 Å². The van der Waals surface area contributed by atoms with Crippen LogP contribution >= 0.6 is 11.3 Å². The van der Waals surface area contributed by atoms with Crippen molar-refractivity contribution in [3.63, 3.8) is 0 Å². The van der Waals surface area contributed by atoms with Crippen molar-refractivity contribution >= 4 is 51.3 Å². The second-order valence-electron chi connectivity index (χ2n) is 17.9. The molecule has 66 heavy (non-hydrogen) atoms. The number of aliphatic hydroxyl groups excluding tert-OH is 2. The summed E-state index contributed by atoms with van der Waals surface area (Å²) in [5, 5.41) is 44.1. The van der Waals surface area contributed by atoms with Crippen LogP contribution < -0.4 is 25.8 Å². The third-order valence-electron chi connectivity index (χ3n) is 13.8. The Labute approximate surface area is 383 Å². The van der Waals surface area contributed by atoms with Gasteiger partial charge in [0.25, 0.3) is 0 Å². The second kappa shape index (κ2) is 18.0. The summed E-state index contributed by atoms with van der Waals surface area (Å²) in [4.78, 5) is 55.2. The smallest absolute Gasteiger partial charge is 0.249 e. The number of aryl methyl sites for hydroxylation is 1. The van der Waals surface area contributed by atoms with Crippen LogP contribution in [-0.4, -0.2) is 115 Å². The summed E-state index contributed by atoms with van der Waals surface area (Å²) < 4.78 is 33.3. The molecule has 6 N–H and O–H groups in total. The summed E-state index contributed by atoms with van der Waals surface area (Å²) in [6, 6.07) is 14.4. The molecule has 0 saturated carbocycles. The fraction of sp³-hybridized carbons (Fsp3) is 0.426. The number of hydrogen-bond acceptors (Lipinski definition) is 13. The Morgan fingerprint density at radius 2 is 1.70 bits per heavy atom. The maximum Gasteiger partial charge on any atom is 0.249 e. The van der Waals surface area contributed by atoms with Crippen LogP contribution in [0.25, 0.3) is 11.1 Å². The summed E-state index contributed by atoms with van der Waals surface area (Å²) in [5.74, 6) is -1.66. The van der Waals surface area contributed by atoms with Crippen LogP contribution in [-0.2, 0) is 33.9 Å². The highest BCUT2D eigenvalue weighted by atomic mass is 32.1. The van der Waals surface area contributed by atoms with Crippen molar-refractivity contribution < 1.29 is 38.5 Å². The fourth-order valence-electron chi connectivity index (χ4n) is 10.1. The number of carbonyl (C=O) groups excluding carboxylic acids is 3. The predicted octanol–water partition coefficient (Wildman–Crippen LogP) is 4.50. The van der Waals surface area contributed by atoms with Crippen LogP contribution in [0.1, 0.15) is 73.3 Å². The molecule has 5 aliphatic rings. The molecule has 3 amide bonds. The van der Waals surface area contributed by atoms with Crippen molar-refractivity contribution in [1.82, 2.24) is 29.7 Å². The number of piperidine rings is 2. The highest BCUT2D eigenvalue weighted by Crippen LogP contribution is 2.43. The van der Waals surface area contributed by atoms with Gasteiger partial charge in [-0.2, -0.15) is 0 Å². The van der Waals surface area contributed by atoms with E-state index in [4.69, 9.17) is 0 Å². The van der Waals surface area contributed by atoms with E-state index in [0.717, 1.165) is 36.3 Å². The average Bonchev–Trinajstić information content (AvgIpc) is 4.13. The zero-order valence-corrected chi connectivity index (χ0v) is 37.0. The number of halogens is 2. The highest BCUT2D eigenvalue weighted by Gasteiger charge is 2.43. The van der Waals surface area contributed by atoms with Crippen molar-refractivity contribution in [3.8, 4) is 11.1 Å². The molecule has 5 aliphatic heterocycles. The van der Waals surface area contributed by atoms with Gasteiger partial charge in [0.1, 0.15) is 30.1 Å². The first kappa shape index (κ1) is 43.9. The van der Waals surface area contributed by atoms with E-state index in [0.29, 0.717) is 97.4 Å². The molecule has 0 bridgehead atoms. The topological polar surface area (TPSA) is 192 Å². The van der Waals surface area contributed by atoms with Crippen molar-refractivity contribution in [2.75, 3.05) is 59.7 Å². The number of aliphatic hydroxyl groups is 3. The van der Waals surface area contributed by atoms with E-state index in [-0.39, 0.29) is 31.2 Å². The maximum atomic E-state index is 16.0. The molecule has 4 unspecified atom stereocenters. The van der Waals surface area contributed by atoms with Crippen molar-refractivity contribution in [2.24, 2.45) is 0 Å². The van der Waals surface area contributed by atoms with Gasteiger partial charge >= 0.3 is 0 Å². The van der Waals surface area contributed by atoms with Gasteiger partial charge in [-0.05, 0) is 85.7 Å². The van der Waals surface area contributed by atoms with Crippen LogP contribution in [0.5, 0.6) is 0 Å². The van der Waals surface area contributed by atoms with E-state index < -0.39 is 47.7 Å². The van der Waals surface area contributed by atoms with E-state index in [2.05, 4.69) is 30.8 Å². The lowest BCUT2D eigenvalue weighted by Gasteiger charge is -2.41. The van der Waals surface area contributed by atoms with E-state index in [9.17, 15) is 29.7 Å². The molecule has 3 aromatic carbocycles. The Morgan fingerprint density at radius 3 is 2.42 bits per heavy atom. The number of hydrogen-bond donors (Lipinski definition) is 6. The first-order valence-electron chi connectivity index (χ1n) is 22.5. The van der Waals surface area contributed by atoms with Gasteiger partial charge < -0.3 is 50.5 Å². The van der Waals surface area contributed by atoms with Crippen LogP contribution in [0, 0.1) is 11.6 Å². The summed E-state index contributed by atoms with van der Waals surface area (Å²) in [6.07, 6.45) is 3.98. The zero-order valence-electron chi connectivity index (χ0n) is 36.2. The number of fused-ring (bicyclic) bond motifs is 2.